The van der Waals surface area contributed by atoms with Crippen LogP contribution in [-0.2, 0) is 22.6 Å². The molecular weight excluding hydrogens is 326 g/mol. The molecule has 1 aliphatic carbocycles. The monoisotopic (exact) mass is 347 g/mol. The molecule has 0 aliphatic heterocycles. The maximum atomic E-state index is 12.1. The largest absolute Gasteiger partial charge is 0.371 e. The number of H-pyrrole nitrogens is 1. The van der Waals surface area contributed by atoms with Crippen molar-refractivity contribution in [1.82, 2.24) is 10.3 Å². The molecular formula is C21H21N3O2. The third-order valence-electron chi connectivity index (χ3n) is 5.00. The van der Waals surface area contributed by atoms with Crippen molar-refractivity contribution in [3.63, 3.8) is 0 Å². The van der Waals surface area contributed by atoms with Crippen molar-refractivity contribution in [2.75, 3.05) is 5.32 Å². The second-order valence-corrected chi connectivity index (χ2v) is 6.63. The minimum absolute atomic E-state index is 0.354. The van der Waals surface area contributed by atoms with E-state index in [1.54, 1.807) is 0 Å². The zero-order valence-electron chi connectivity index (χ0n) is 14.6. The van der Waals surface area contributed by atoms with Gasteiger partial charge in [0.05, 0.1) is 5.69 Å². The highest BCUT2D eigenvalue weighted by Gasteiger charge is 2.49. The number of aryl methyl sites for hydroxylation is 1. The van der Waals surface area contributed by atoms with Gasteiger partial charge in [-0.1, -0.05) is 49.4 Å². The molecule has 26 heavy (non-hydrogen) atoms. The van der Waals surface area contributed by atoms with Crippen LogP contribution in [0.25, 0.3) is 10.9 Å². The highest BCUT2D eigenvalue weighted by atomic mass is 16.2. The number of hydrogen-bond acceptors (Lipinski definition) is 4. The molecule has 1 heterocycles. The number of carbonyl (C=O) groups is 2. The first-order chi connectivity index (χ1) is 12.7. The minimum Gasteiger partial charge on any atom is -0.371 e. The van der Waals surface area contributed by atoms with E-state index < -0.39 is 12.1 Å². The Bertz CT molecular complexity index is 959. The third-order valence-corrected chi connectivity index (χ3v) is 5.00. The summed E-state index contributed by atoms with van der Waals surface area (Å²) < 4.78 is 0. The summed E-state index contributed by atoms with van der Waals surface area (Å²) in [6, 6.07) is 15.1. The molecule has 1 saturated carbocycles. The topological polar surface area (TPSA) is 74.0 Å². The molecule has 5 heteroatoms. The maximum absolute atomic E-state index is 12.1. The number of carbonyl (C=O) groups excluding carboxylic acids is 2. The SMILES string of the molecule is CCc1ccc(CNC2C(=O)C(=O)C2Nc2c[nH]c3ccccc23)cc1. The van der Waals surface area contributed by atoms with Gasteiger partial charge in [-0.3, -0.25) is 9.59 Å². The van der Waals surface area contributed by atoms with Crippen LogP contribution in [0.3, 0.4) is 0 Å². The van der Waals surface area contributed by atoms with E-state index in [-0.39, 0.29) is 11.6 Å². The second kappa shape index (κ2) is 6.77. The quantitative estimate of drug-likeness (QED) is 0.600. The zero-order valence-corrected chi connectivity index (χ0v) is 14.6. The van der Waals surface area contributed by atoms with Gasteiger partial charge in [-0.15, -0.1) is 0 Å². The lowest BCUT2D eigenvalue weighted by molar-refractivity contribution is -0.145. The number of para-hydroxylation sites is 1. The van der Waals surface area contributed by atoms with E-state index in [4.69, 9.17) is 0 Å². The zero-order chi connectivity index (χ0) is 18.1. The number of nitrogens with one attached hydrogen (secondary N) is 3. The summed E-state index contributed by atoms with van der Waals surface area (Å²) in [6.07, 6.45) is 2.83. The van der Waals surface area contributed by atoms with Crippen LogP contribution < -0.4 is 10.6 Å². The fraction of sp³-hybridized carbons (Fsp3) is 0.238. The Morgan fingerprint density at radius 2 is 1.62 bits per heavy atom. The van der Waals surface area contributed by atoms with E-state index in [9.17, 15) is 9.59 Å². The van der Waals surface area contributed by atoms with Crippen molar-refractivity contribution < 1.29 is 9.59 Å². The number of aromatic amines is 1. The van der Waals surface area contributed by atoms with Gasteiger partial charge in [0.1, 0.15) is 12.1 Å². The molecule has 1 aromatic heterocycles. The van der Waals surface area contributed by atoms with Gasteiger partial charge in [0.25, 0.3) is 0 Å². The predicted molar refractivity (Wildman–Crippen MR) is 102 cm³/mol. The Hall–Kier alpha value is -2.92. The van der Waals surface area contributed by atoms with Crippen LogP contribution in [0.2, 0.25) is 0 Å². The summed E-state index contributed by atoms with van der Waals surface area (Å²) in [5.74, 6) is -0.721. The summed E-state index contributed by atoms with van der Waals surface area (Å²) in [6.45, 7) is 2.67. The van der Waals surface area contributed by atoms with Gasteiger partial charge in [0, 0.05) is 23.6 Å². The summed E-state index contributed by atoms with van der Waals surface area (Å²) >= 11 is 0. The van der Waals surface area contributed by atoms with Crippen molar-refractivity contribution in [3.05, 3.63) is 65.9 Å². The van der Waals surface area contributed by atoms with Gasteiger partial charge < -0.3 is 15.6 Å². The number of hydrogen-bond donors (Lipinski definition) is 3. The number of anilines is 1. The molecule has 0 bridgehead atoms. The first-order valence-electron chi connectivity index (χ1n) is 8.89. The van der Waals surface area contributed by atoms with Gasteiger partial charge in [0.2, 0.25) is 11.6 Å². The summed E-state index contributed by atoms with van der Waals surface area (Å²) in [5, 5.41) is 7.45. The van der Waals surface area contributed by atoms with Gasteiger partial charge >= 0.3 is 0 Å². The highest BCUT2D eigenvalue weighted by Crippen LogP contribution is 2.26. The average molecular weight is 347 g/mol. The van der Waals surface area contributed by atoms with E-state index in [2.05, 4.69) is 46.8 Å². The molecule has 1 fully saturated rings. The summed E-state index contributed by atoms with van der Waals surface area (Å²) in [7, 11) is 0. The average Bonchev–Trinajstić information content (AvgIpc) is 3.10. The smallest absolute Gasteiger partial charge is 0.224 e. The lowest BCUT2D eigenvalue weighted by atomic mass is 9.82. The lowest BCUT2D eigenvalue weighted by Crippen LogP contribution is -2.66. The molecule has 2 aromatic carbocycles. The van der Waals surface area contributed by atoms with Gasteiger partial charge in [-0.2, -0.15) is 0 Å². The number of rotatable bonds is 6. The van der Waals surface area contributed by atoms with Crippen LogP contribution in [-0.4, -0.2) is 28.6 Å². The van der Waals surface area contributed by atoms with Crippen molar-refractivity contribution >= 4 is 28.2 Å². The van der Waals surface area contributed by atoms with E-state index in [0.29, 0.717) is 6.54 Å². The fourth-order valence-electron chi connectivity index (χ4n) is 3.35. The van der Waals surface area contributed by atoms with Crippen molar-refractivity contribution in [1.29, 1.82) is 0 Å². The summed E-state index contributed by atoms with van der Waals surface area (Å²) in [4.78, 5) is 27.3. The predicted octanol–water partition coefficient (Wildman–Crippen LogP) is 2.82. The van der Waals surface area contributed by atoms with E-state index in [1.165, 1.54) is 5.56 Å². The molecule has 3 aromatic rings. The van der Waals surface area contributed by atoms with Crippen LogP contribution in [0, 0.1) is 0 Å². The molecule has 2 unspecified atom stereocenters. The van der Waals surface area contributed by atoms with Crippen LogP contribution >= 0.6 is 0 Å². The van der Waals surface area contributed by atoms with E-state index >= 15 is 0 Å². The number of aromatic nitrogens is 1. The molecule has 0 saturated heterocycles. The third kappa shape index (κ3) is 2.91. The molecule has 2 atom stereocenters. The number of ketones is 2. The molecule has 0 spiro atoms. The number of benzene rings is 2. The molecule has 1 aliphatic rings. The van der Waals surface area contributed by atoms with E-state index in [1.807, 2.05) is 30.5 Å². The van der Waals surface area contributed by atoms with Crippen LogP contribution in [0.4, 0.5) is 5.69 Å². The lowest BCUT2D eigenvalue weighted by Gasteiger charge is -2.34. The fourth-order valence-corrected chi connectivity index (χ4v) is 3.35. The van der Waals surface area contributed by atoms with Crippen LogP contribution in [0.1, 0.15) is 18.1 Å². The van der Waals surface area contributed by atoms with Gasteiger partial charge in [-0.25, -0.2) is 0 Å². The summed E-state index contributed by atoms with van der Waals surface area (Å²) in [5.41, 5.74) is 4.21. The second-order valence-electron chi connectivity index (χ2n) is 6.63. The molecule has 0 radical (unpaired) electrons. The first kappa shape index (κ1) is 16.5. The number of fused-ring (bicyclic) bond motifs is 1. The molecule has 3 N–H and O–H groups in total. The molecule has 4 rings (SSSR count). The highest BCUT2D eigenvalue weighted by molar-refractivity contribution is 6.49. The van der Waals surface area contributed by atoms with Crippen molar-refractivity contribution in [3.8, 4) is 0 Å². The Morgan fingerprint density at radius 1 is 0.923 bits per heavy atom. The van der Waals surface area contributed by atoms with Crippen molar-refractivity contribution in [2.24, 2.45) is 0 Å². The Balaban J connectivity index is 1.45. The van der Waals surface area contributed by atoms with Gasteiger partial charge in [0.15, 0.2) is 0 Å². The Morgan fingerprint density at radius 3 is 2.38 bits per heavy atom. The Kier molecular flexibility index (Phi) is 4.31. The van der Waals surface area contributed by atoms with E-state index in [0.717, 1.165) is 28.6 Å². The Labute approximate surface area is 151 Å². The minimum atomic E-state index is -0.531. The van der Waals surface area contributed by atoms with Gasteiger partial charge in [-0.05, 0) is 23.6 Å². The van der Waals surface area contributed by atoms with Crippen LogP contribution in [0.15, 0.2) is 54.7 Å². The molecule has 0 amide bonds. The van der Waals surface area contributed by atoms with Crippen LogP contribution in [0.5, 0.6) is 0 Å². The first-order valence-corrected chi connectivity index (χ1v) is 8.89. The maximum Gasteiger partial charge on any atom is 0.224 e. The molecule has 5 nitrogen and oxygen atoms in total. The normalized spacial score (nSPS) is 19.6. The standard InChI is InChI=1S/C21H21N3O2/c1-2-13-7-9-14(10-8-13)11-23-18-19(21(26)20(18)25)24-17-12-22-16-6-4-3-5-15(16)17/h3-10,12,18-19,22-24H,2,11H2,1H3. The van der Waals surface area contributed by atoms with Crippen molar-refractivity contribution in [2.45, 2.75) is 32.0 Å². The number of Topliss-reactive ketones (excluding diaryl/α,β-unsaturated/α-hetero) is 2. The molecule has 132 valence electrons.